The van der Waals surface area contributed by atoms with E-state index in [1.165, 1.54) is 11.2 Å². The fourth-order valence-electron chi connectivity index (χ4n) is 2.58. The normalized spacial score (nSPS) is 33.0. The van der Waals surface area contributed by atoms with Gasteiger partial charge in [0.25, 0.3) is 10.2 Å². The van der Waals surface area contributed by atoms with Gasteiger partial charge in [0, 0.05) is 13.1 Å². The van der Waals surface area contributed by atoms with Crippen LogP contribution in [-0.4, -0.2) is 56.1 Å². The number of nitrogens with one attached hydrogen (secondary N) is 1. The Morgan fingerprint density at radius 1 is 1.30 bits per heavy atom. The molecule has 2 saturated heterocycles. The SMILES string of the molecule is CC1(C(=O)O)COCC1NS(=O)(=O)N1CCCCCC1. The number of carboxylic acid groups (broad SMARTS) is 1. The zero-order valence-electron chi connectivity index (χ0n) is 11.7. The quantitative estimate of drug-likeness (QED) is 0.773. The van der Waals surface area contributed by atoms with Gasteiger partial charge in [-0.1, -0.05) is 12.8 Å². The minimum Gasteiger partial charge on any atom is -0.481 e. The molecule has 8 heteroatoms. The smallest absolute Gasteiger partial charge is 0.313 e. The molecule has 0 saturated carbocycles. The predicted molar refractivity (Wildman–Crippen MR) is 72.4 cm³/mol. The fourth-order valence-corrected chi connectivity index (χ4v) is 4.16. The summed E-state index contributed by atoms with van der Waals surface area (Å²) in [5.41, 5.74) is -1.21. The van der Waals surface area contributed by atoms with E-state index in [-0.39, 0.29) is 13.2 Å². The van der Waals surface area contributed by atoms with E-state index in [1.807, 2.05) is 0 Å². The van der Waals surface area contributed by atoms with Gasteiger partial charge >= 0.3 is 5.97 Å². The standard InChI is InChI=1S/C12H22N2O5S/c1-12(11(15)16)9-19-8-10(12)13-20(17,18)14-6-4-2-3-5-7-14/h10,13H,2-9H2,1H3,(H,15,16). The Bertz CT molecular complexity index is 458. The molecule has 0 radical (unpaired) electrons. The van der Waals surface area contributed by atoms with Crippen LogP contribution in [0, 0.1) is 5.41 Å². The minimum absolute atomic E-state index is 0.0233. The molecule has 2 aliphatic heterocycles. The van der Waals surface area contributed by atoms with Crippen LogP contribution in [-0.2, 0) is 19.7 Å². The lowest BCUT2D eigenvalue weighted by molar-refractivity contribution is -0.148. The van der Waals surface area contributed by atoms with Gasteiger partial charge in [-0.15, -0.1) is 0 Å². The van der Waals surface area contributed by atoms with Crippen LogP contribution in [0.2, 0.25) is 0 Å². The van der Waals surface area contributed by atoms with Gasteiger partial charge in [-0.25, -0.2) is 0 Å². The number of ether oxygens (including phenoxy) is 1. The number of rotatable bonds is 4. The fraction of sp³-hybridized carbons (Fsp3) is 0.917. The van der Waals surface area contributed by atoms with Gasteiger partial charge in [0.15, 0.2) is 0 Å². The van der Waals surface area contributed by atoms with Crippen molar-refractivity contribution in [2.45, 2.75) is 38.6 Å². The van der Waals surface area contributed by atoms with Gasteiger partial charge in [-0.2, -0.15) is 17.4 Å². The highest BCUT2D eigenvalue weighted by molar-refractivity contribution is 7.87. The minimum atomic E-state index is -3.65. The third kappa shape index (κ3) is 3.13. The molecule has 20 heavy (non-hydrogen) atoms. The average molecular weight is 306 g/mol. The van der Waals surface area contributed by atoms with E-state index in [4.69, 9.17) is 4.74 Å². The first kappa shape index (κ1) is 15.7. The summed E-state index contributed by atoms with van der Waals surface area (Å²) in [7, 11) is -3.65. The maximum absolute atomic E-state index is 12.4. The van der Waals surface area contributed by atoms with Crippen molar-refractivity contribution in [1.29, 1.82) is 0 Å². The largest absolute Gasteiger partial charge is 0.481 e. The zero-order valence-corrected chi connectivity index (χ0v) is 12.5. The van der Waals surface area contributed by atoms with Gasteiger partial charge < -0.3 is 9.84 Å². The molecule has 0 aliphatic carbocycles. The van der Waals surface area contributed by atoms with Gasteiger partial charge in [-0.3, -0.25) is 4.79 Å². The second-order valence-electron chi connectivity index (χ2n) is 5.73. The van der Waals surface area contributed by atoms with Crippen LogP contribution in [0.5, 0.6) is 0 Å². The zero-order chi connectivity index (χ0) is 14.8. The lowest BCUT2D eigenvalue weighted by Crippen LogP contribution is -2.53. The van der Waals surface area contributed by atoms with Gasteiger partial charge in [0.2, 0.25) is 0 Å². The Labute approximate surface area is 119 Å². The summed E-state index contributed by atoms with van der Waals surface area (Å²) in [4.78, 5) is 11.3. The molecule has 2 atom stereocenters. The number of carboxylic acids is 1. The number of carbonyl (C=O) groups is 1. The topological polar surface area (TPSA) is 95.9 Å². The van der Waals surface area contributed by atoms with Crippen molar-refractivity contribution in [2.24, 2.45) is 5.41 Å². The first-order valence-electron chi connectivity index (χ1n) is 6.95. The summed E-state index contributed by atoms with van der Waals surface area (Å²) in [6.45, 7) is 2.61. The molecule has 2 N–H and O–H groups in total. The van der Waals surface area contributed by atoms with E-state index in [9.17, 15) is 18.3 Å². The van der Waals surface area contributed by atoms with Crippen molar-refractivity contribution < 1.29 is 23.1 Å². The molecule has 0 bridgehead atoms. The first-order valence-corrected chi connectivity index (χ1v) is 8.39. The van der Waals surface area contributed by atoms with E-state index < -0.39 is 27.6 Å². The number of hydrogen-bond donors (Lipinski definition) is 2. The van der Waals surface area contributed by atoms with E-state index in [2.05, 4.69) is 4.72 Å². The third-order valence-electron chi connectivity index (χ3n) is 4.14. The second kappa shape index (κ2) is 5.97. The molecule has 7 nitrogen and oxygen atoms in total. The number of aliphatic carboxylic acids is 1. The van der Waals surface area contributed by atoms with Crippen LogP contribution in [0.3, 0.4) is 0 Å². The Morgan fingerprint density at radius 2 is 1.90 bits per heavy atom. The molecule has 2 aliphatic rings. The van der Waals surface area contributed by atoms with Crippen molar-refractivity contribution in [2.75, 3.05) is 26.3 Å². The highest BCUT2D eigenvalue weighted by atomic mass is 32.2. The summed E-state index contributed by atoms with van der Waals surface area (Å²) in [6.07, 6.45) is 3.76. The first-order chi connectivity index (χ1) is 9.36. The van der Waals surface area contributed by atoms with Crippen LogP contribution in [0.15, 0.2) is 0 Å². The van der Waals surface area contributed by atoms with E-state index >= 15 is 0 Å². The molecule has 2 fully saturated rings. The number of hydrogen-bond acceptors (Lipinski definition) is 4. The molecule has 116 valence electrons. The van der Waals surface area contributed by atoms with Crippen LogP contribution < -0.4 is 4.72 Å². The third-order valence-corrected chi connectivity index (χ3v) is 5.77. The highest BCUT2D eigenvalue weighted by Gasteiger charge is 2.48. The summed E-state index contributed by atoms with van der Waals surface area (Å²) in [6, 6.07) is -0.728. The summed E-state index contributed by atoms with van der Waals surface area (Å²) in [5.74, 6) is -1.04. The van der Waals surface area contributed by atoms with Crippen LogP contribution in [0.4, 0.5) is 0 Å². The summed E-state index contributed by atoms with van der Waals surface area (Å²) in [5, 5.41) is 9.27. The van der Waals surface area contributed by atoms with E-state index in [1.54, 1.807) is 0 Å². The van der Waals surface area contributed by atoms with Gasteiger partial charge in [0.05, 0.1) is 19.3 Å². The van der Waals surface area contributed by atoms with E-state index in [0.717, 1.165) is 25.7 Å². The molecule has 0 aromatic carbocycles. The van der Waals surface area contributed by atoms with Crippen molar-refractivity contribution >= 4 is 16.2 Å². The van der Waals surface area contributed by atoms with Crippen LogP contribution >= 0.6 is 0 Å². The van der Waals surface area contributed by atoms with Gasteiger partial charge in [0.1, 0.15) is 5.41 Å². The van der Waals surface area contributed by atoms with Crippen LogP contribution in [0.1, 0.15) is 32.6 Å². The molecule has 2 heterocycles. The molecular weight excluding hydrogens is 284 g/mol. The average Bonchev–Trinajstić information content (AvgIpc) is 2.62. The Kier molecular flexibility index (Phi) is 4.68. The highest BCUT2D eigenvalue weighted by Crippen LogP contribution is 2.29. The molecule has 0 aromatic heterocycles. The van der Waals surface area contributed by atoms with Crippen molar-refractivity contribution in [3.8, 4) is 0 Å². The predicted octanol–water partition coefficient (Wildman–Crippen LogP) is 0.187. The molecule has 2 rings (SSSR count). The summed E-state index contributed by atoms with van der Waals surface area (Å²) < 4.78 is 33.8. The Hall–Kier alpha value is -0.700. The maximum Gasteiger partial charge on any atom is 0.313 e. The lowest BCUT2D eigenvalue weighted by Gasteiger charge is -2.28. The van der Waals surface area contributed by atoms with Crippen molar-refractivity contribution in [3.63, 3.8) is 0 Å². The molecular formula is C12H22N2O5S. The molecule has 0 aromatic rings. The number of nitrogens with zero attached hydrogens (tertiary/aromatic N) is 1. The van der Waals surface area contributed by atoms with Crippen LogP contribution in [0.25, 0.3) is 0 Å². The molecule has 0 amide bonds. The van der Waals surface area contributed by atoms with Crippen molar-refractivity contribution in [3.05, 3.63) is 0 Å². The van der Waals surface area contributed by atoms with E-state index in [0.29, 0.717) is 13.1 Å². The molecule has 2 unspecified atom stereocenters. The van der Waals surface area contributed by atoms with Gasteiger partial charge in [-0.05, 0) is 19.8 Å². The lowest BCUT2D eigenvalue weighted by atomic mass is 9.86. The second-order valence-corrected chi connectivity index (χ2v) is 7.43. The Balaban J connectivity index is 2.09. The van der Waals surface area contributed by atoms with Crippen molar-refractivity contribution in [1.82, 2.24) is 9.03 Å². The monoisotopic (exact) mass is 306 g/mol. The molecule has 0 spiro atoms. The summed E-state index contributed by atoms with van der Waals surface area (Å²) >= 11 is 0. The Morgan fingerprint density at radius 3 is 2.45 bits per heavy atom. The maximum atomic E-state index is 12.4.